The van der Waals surface area contributed by atoms with Gasteiger partial charge >= 0.3 is 0 Å². The molecule has 3 heteroatoms. The van der Waals surface area contributed by atoms with Crippen molar-refractivity contribution in [2.45, 2.75) is 51.6 Å². The lowest BCUT2D eigenvalue weighted by molar-refractivity contribution is 0.0103. The van der Waals surface area contributed by atoms with Gasteiger partial charge in [-0.2, -0.15) is 0 Å². The molecule has 1 aromatic rings. The lowest BCUT2D eigenvalue weighted by Gasteiger charge is -2.38. The van der Waals surface area contributed by atoms with Crippen molar-refractivity contribution in [3.8, 4) is 5.75 Å². The first-order valence-corrected chi connectivity index (χ1v) is 7.85. The smallest absolute Gasteiger partial charge is 0.119 e. The van der Waals surface area contributed by atoms with Gasteiger partial charge in [0.1, 0.15) is 5.75 Å². The average Bonchev–Trinajstić information content (AvgIpc) is 2.42. The molecule has 1 aliphatic carbocycles. The lowest BCUT2D eigenvalue weighted by atomic mass is 9.70. The molecule has 1 aromatic carbocycles. The van der Waals surface area contributed by atoms with Gasteiger partial charge in [-0.05, 0) is 42.0 Å². The van der Waals surface area contributed by atoms with E-state index in [2.05, 4.69) is 22.9 Å². The summed E-state index contributed by atoms with van der Waals surface area (Å²) >= 11 is 3.56. The highest BCUT2D eigenvalue weighted by Crippen LogP contribution is 2.40. The summed E-state index contributed by atoms with van der Waals surface area (Å²) in [7, 11) is 1.67. The Morgan fingerprint density at radius 1 is 1.32 bits per heavy atom. The van der Waals surface area contributed by atoms with Crippen molar-refractivity contribution in [2.24, 2.45) is 5.41 Å². The predicted octanol–water partition coefficient (Wildman–Crippen LogP) is 4.33. The Balaban J connectivity index is 2.11. The third-order valence-corrected chi connectivity index (χ3v) is 5.24. The highest BCUT2D eigenvalue weighted by Gasteiger charge is 2.34. The molecule has 0 bridgehead atoms. The number of aliphatic hydroxyl groups excluding tert-OH is 1. The van der Waals surface area contributed by atoms with E-state index >= 15 is 0 Å². The SMILES string of the molecule is COc1ccc(Br)c(CC(O)C2(C)CCCCC2)c1. The number of rotatable bonds is 4. The van der Waals surface area contributed by atoms with E-state index in [1.165, 1.54) is 19.3 Å². The second kappa shape index (κ2) is 6.27. The van der Waals surface area contributed by atoms with Crippen LogP contribution in [0.4, 0.5) is 0 Å². The van der Waals surface area contributed by atoms with Gasteiger partial charge in [-0.15, -0.1) is 0 Å². The maximum Gasteiger partial charge on any atom is 0.119 e. The second-order valence-corrected chi connectivity index (χ2v) is 6.75. The van der Waals surface area contributed by atoms with Gasteiger partial charge in [-0.25, -0.2) is 0 Å². The van der Waals surface area contributed by atoms with Gasteiger partial charge in [0.05, 0.1) is 13.2 Å². The molecule has 1 unspecified atom stereocenters. The molecule has 2 nitrogen and oxygen atoms in total. The number of benzene rings is 1. The van der Waals surface area contributed by atoms with Crippen LogP contribution in [0.1, 0.15) is 44.6 Å². The Hall–Kier alpha value is -0.540. The van der Waals surface area contributed by atoms with E-state index in [0.717, 1.165) is 28.6 Å². The van der Waals surface area contributed by atoms with Crippen LogP contribution in [0.3, 0.4) is 0 Å². The van der Waals surface area contributed by atoms with Gasteiger partial charge < -0.3 is 9.84 Å². The fourth-order valence-electron chi connectivity index (χ4n) is 2.98. The Labute approximate surface area is 124 Å². The predicted molar refractivity (Wildman–Crippen MR) is 81.6 cm³/mol. The third kappa shape index (κ3) is 3.51. The van der Waals surface area contributed by atoms with E-state index in [0.29, 0.717) is 6.42 Å². The molecule has 1 saturated carbocycles. The largest absolute Gasteiger partial charge is 0.497 e. The van der Waals surface area contributed by atoms with Crippen LogP contribution in [0, 0.1) is 5.41 Å². The van der Waals surface area contributed by atoms with Crippen LogP contribution in [0.5, 0.6) is 5.75 Å². The van der Waals surface area contributed by atoms with Crippen LogP contribution in [0.2, 0.25) is 0 Å². The first kappa shape index (κ1) is 14.9. The topological polar surface area (TPSA) is 29.5 Å². The molecular weight excluding hydrogens is 304 g/mol. The quantitative estimate of drug-likeness (QED) is 0.892. The van der Waals surface area contributed by atoms with Gasteiger partial charge in [0.15, 0.2) is 0 Å². The maximum absolute atomic E-state index is 10.6. The first-order chi connectivity index (χ1) is 9.05. The molecule has 1 N–H and O–H groups in total. The van der Waals surface area contributed by atoms with Crippen molar-refractivity contribution in [1.29, 1.82) is 0 Å². The number of aliphatic hydroxyl groups is 1. The maximum atomic E-state index is 10.6. The Morgan fingerprint density at radius 2 is 2.00 bits per heavy atom. The van der Waals surface area contributed by atoms with E-state index in [1.54, 1.807) is 7.11 Å². The summed E-state index contributed by atoms with van der Waals surface area (Å²) in [5, 5.41) is 10.6. The molecule has 1 fully saturated rings. The van der Waals surface area contributed by atoms with Gasteiger partial charge in [0, 0.05) is 10.9 Å². The number of methoxy groups -OCH3 is 1. The van der Waals surface area contributed by atoms with Crippen molar-refractivity contribution in [2.75, 3.05) is 7.11 Å². The van der Waals surface area contributed by atoms with Crippen LogP contribution in [-0.2, 0) is 6.42 Å². The van der Waals surface area contributed by atoms with Crippen molar-refractivity contribution < 1.29 is 9.84 Å². The molecule has 0 heterocycles. The second-order valence-electron chi connectivity index (χ2n) is 5.89. The molecule has 0 radical (unpaired) electrons. The van der Waals surface area contributed by atoms with Crippen LogP contribution >= 0.6 is 15.9 Å². The minimum absolute atomic E-state index is 0.0702. The normalized spacial score (nSPS) is 20.0. The van der Waals surface area contributed by atoms with Crippen LogP contribution in [0.15, 0.2) is 22.7 Å². The van der Waals surface area contributed by atoms with E-state index in [4.69, 9.17) is 4.74 Å². The minimum Gasteiger partial charge on any atom is -0.497 e. The van der Waals surface area contributed by atoms with Crippen molar-refractivity contribution in [3.05, 3.63) is 28.2 Å². The van der Waals surface area contributed by atoms with Crippen LogP contribution < -0.4 is 4.74 Å². The molecule has 106 valence electrons. The monoisotopic (exact) mass is 326 g/mol. The van der Waals surface area contributed by atoms with Gasteiger partial charge in [-0.1, -0.05) is 42.1 Å². The number of halogens is 1. The van der Waals surface area contributed by atoms with E-state index in [1.807, 2.05) is 18.2 Å². The van der Waals surface area contributed by atoms with Gasteiger partial charge in [0.25, 0.3) is 0 Å². The molecule has 2 rings (SSSR count). The van der Waals surface area contributed by atoms with E-state index in [-0.39, 0.29) is 11.5 Å². The molecule has 0 saturated heterocycles. The van der Waals surface area contributed by atoms with Gasteiger partial charge in [-0.3, -0.25) is 0 Å². The Bertz CT molecular complexity index is 425. The first-order valence-electron chi connectivity index (χ1n) is 7.06. The Kier molecular flexibility index (Phi) is 4.91. The molecule has 0 amide bonds. The molecule has 1 aliphatic rings. The standard InChI is InChI=1S/C16H23BrO2/c1-16(8-4-3-5-9-16)15(18)11-12-10-13(19-2)6-7-14(12)17/h6-7,10,15,18H,3-5,8-9,11H2,1-2H3. The van der Waals surface area contributed by atoms with Crippen LogP contribution in [0.25, 0.3) is 0 Å². The molecule has 0 aliphatic heterocycles. The number of hydrogen-bond donors (Lipinski definition) is 1. The molecule has 1 atom stereocenters. The molecule has 0 aromatic heterocycles. The summed E-state index contributed by atoms with van der Waals surface area (Å²) in [5.41, 5.74) is 1.19. The van der Waals surface area contributed by atoms with E-state index < -0.39 is 0 Å². The average molecular weight is 327 g/mol. The fourth-order valence-corrected chi connectivity index (χ4v) is 3.39. The summed E-state index contributed by atoms with van der Waals surface area (Å²) in [6, 6.07) is 5.94. The van der Waals surface area contributed by atoms with Crippen LogP contribution in [-0.4, -0.2) is 18.3 Å². The van der Waals surface area contributed by atoms with Crippen molar-refractivity contribution in [1.82, 2.24) is 0 Å². The summed E-state index contributed by atoms with van der Waals surface area (Å²) in [4.78, 5) is 0. The fraction of sp³-hybridized carbons (Fsp3) is 0.625. The van der Waals surface area contributed by atoms with Crippen molar-refractivity contribution >= 4 is 15.9 Å². The highest BCUT2D eigenvalue weighted by atomic mass is 79.9. The highest BCUT2D eigenvalue weighted by molar-refractivity contribution is 9.10. The van der Waals surface area contributed by atoms with E-state index in [9.17, 15) is 5.11 Å². The minimum atomic E-state index is -0.281. The lowest BCUT2D eigenvalue weighted by Crippen LogP contribution is -2.35. The summed E-state index contributed by atoms with van der Waals surface area (Å²) in [6.07, 6.45) is 6.47. The zero-order valence-corrected chi connectivity index (χ0v) is 13.4. The van der Waals surface area contributed by atoms with Gasteiger partial charge in [0.2, 0.25) is 0 Å². The Morgan fingerprint density at radius 3 is 2.63 bits per heavy atom. The zero-order valence-electron chi connectivity index (χ0n) is 11.8. The summed E-state index contributed by atoms with van der Waals surface area (Å²) in [5.74, 6) is 0.846. The number of ether oxygens (including phenoxy) is 1. The molecule has 0 spiro atoms. The summed E-state index contributed by atoms with van der Waals surface area (Å²) < 4.78 is 6.31. The van der Waals surface area contributed by atoms with Crippen molar-refractivity contribution in [3.63, 3.8) is 0 Å². The summed E-state index contributed by atoms with van der Waals surface area (Å²) in [6.45, 7) is 2.23. The molecule has 19 heavy (non-hydrogen) atoms. The third-order valence-electron chi connectivity index (χ3n) is 4.47. The zero-order chi connectivity index (χ0) is 13.9. The molecular formula is C16H23BrO2. The number of hydrogen-bond acceptors (Lipinski definition) is 2.